The lowest BCUT2D eigenvalue weighted by Crippen LogP contribution is -2.40. The van der Waals surface area contributed by atoms with Gasteiger partial charge in [-0.15, -0.1) is 0 Å². The monoisotopic (exact) mass is 398 g/mol. The number of nitrogens with zero attached hydrogens (tertiary/aromatic N) is 1. The second-order valence-corrected chi connectivity index (χ2v) is 8.65. The minimum atomic E-state index is -0.562. The maximum absolute atomic E-state index is 12.6. The van der Waals surface area contributed by atoms with Gasteiger partial charge in [0.05, 0.1) is 11.8 Å². The zero-order valence-electron chi connectivity index (χ0n) is 16.4. The Labute approximate surface area is 169 Å². The summed E-state index contributed by atoms with van der Waals surface area (Å²) in [5, 5.41) is 2.79. The van der Waals surface area contributed by atoms with E-state index in [1.54, 1.807) is 18.2 Å². The first-order chi connectivity index (χ1) is 14.0. The van der Waals surface area contributed by atoms with E-state index in [4.69, 9.17) is 9.47 Å². The van der Waals surface area contributed by atoms with Crippen molar-refractivity contribution in [3.63, 3.8) is 0 Å². The number of hydrogen-bond donors (Lipinski definition) is 1. The number of carbonyl (C=O) groups is 3. The molecule has 1 N–H and O–H groups in total. The van der Waals surface area contributed by atoms with Gasteiger partial charge in [-0.3, -0.25) is 19.3 Å². The van der Waals surface area contributed by atoms with Crippen LogP contribution in [-0.4, -0.2) is 35.0 Å². The highest BCUT2D eigenvalue weighted by atomic mass is 16.7. The third-order valence-electron chi connectivity index (χ3n) is 6.67. The lowest BCUT2D eigenvalue weighted by Gasteiger charge is -2.31. The summed E-state index contributed by atoms with van der Waals surface area (Å²) in [6.45, 7) is -0.233. The lowest BCUT2D eigenvalue weighted by atomic mass is 9.81. The average molecular weight is 398 g/mol. The fourth-order valence-electron chi connectivity index (χ4n) is 5.20. The molecule has 2 atom stereocenters. The van der Waals surface area contributed by atoms with Crippen LogP contribution in [0.25, 0.3) is 0 Å². The van der Waals surface area contributed by atoms with Crippen molar-refractivity contribution in [2.24, 2.45) is 11.8 Å². The Bertz CT molecular complexity index is 837. The molecule has 2 aliphatic carbocycles. The highest BCUT2D eigenvalue weighted by molar-refractivity contribution is 6.08. The Morgan fingerprint density at radius 2 is 1.62 bits per heavy atom. The number of carbonyl (C=O) groups excluding carboxylic acids is 3. The van der Waals surface area contributed by atoms with Crippen LogP contribution in [0.5, 0.6) is 11.5 Å². The standard InChI is InChI=1S/C22H26N2O5/c25-19(13-24-20(26)15-6-2-3-7-16(15)21(24)27)23-14-8-9-17-18(12-14)29-22(28-17)10-4-1-5-11-22/h8-9,12,15-16H,1-7,10-11,13H2,(H,23,25)/t15-,16-/m0/s1. The molecular formula is C22H26N2O5. The largest absolute Gasteiger partial charge is 0.448 e. The predicted molar refractivity (Wildman–Crippen MR) is 104 cm³/mol. The normalized spacial score (nSPS) is 27.2. The van der Waals surface area contributed by atoms with Gasteiger partial charge in [0.1, 0.15) is 6.54 Å². The zero-order valence-corrected chi connectivity index (χ0v) is 16.4. The summed E-state index contributed by atoms with van der Waals surface area (Å²) in [7, 11) is 0. The Balaban J connectivity index is 1.24. The van der Waals surface area contributed by atoms with Crippen molar-refractivity contribution in [3.05, 3.63) is 18.2 Å². The fourth-order valence-corrected chi connectivity index (χ4v) is 5.20. The highest BCUT2D eigenvalue weighted by Crippen LogP contribution is 2.46. The van der Waals surface area contributed by atoms with Crippen LogP contribution in [0.15, 0.2) is 18.2 Å². The number of ether oxygens (including phenoxy) is 2. The van der Waals surface area contributed by atoms with Gasteiger partial charge in [0, 0.05) is 24.6 Å². The molecule has 1 spiro atoms. The Morgan fingerprint density at radius 1 is 0.966 bits per heavy atom. The molecule has 1 aromatic rings. The summed E-state index contributed by atoms with van der Waals surface area (Å²) >= 11 is 0. The molecule has 2 heterocycles. The van der Waals surface area contributed by atoms with E-state index in [0.717, 1.165) is 56.3 Å². The molecule has 0 bridgehead atoms. The van der Waals surface area contributed by atoms with Crippen molar-refractivity contribution in [1.29, 1.82) is 0 Å². The van der Waals surface area contributed by atoms with Gasteiger partial charge in [0.15, 0.2) is 11.5 Å². The predicted octanol–water partition coefficient (Wildman–Crippen LogP) is 3.23. The Kier molecular flexibility index (Phi) is 4.48. The van der Waals surface area contributed by atoms with E-state index in [9.17, 15) is 14.4 Å². The SMILES string of the molecule is O=C(CN1C(=O)[C@H]2CCCC[C@@H]2C1=O)Nc1ccc2c(c1)OC1(CCCCC1)O2. The molecule has 5 rings (SSSR count). The van der Waals surface area contributed by atoms with Crippen molar-refractivity contribution in [1.82, 2.24) is 4.90 Å². The third-order valence-corrected chi connectivity index (χ3v) is 6.67. The summed E-state index contributed by atoms with van der Waals surface area (Å²) < 4.78 is 12.1. The Morgan fingerprint density at radius 3 is 2.31 bits per heavy atom. The van der Waals surface area contributed by atoms with Crippen molar-refractivity contribution in [2.75, 3.05) is 11.9 Å². The highest BCUT2D eigenvalue weighted by Gasteiger charge is 2.48. The van der Waals surface area contributed by atoms with Crippen LogP contribution in [0.4, 0.5) is 5.69 Å². The number of likely N-dealkylation sites (tertiary alicyclic amines) is 1. The van der Waals surface area contributed by atoms with Gasteiger partial charge in [0.2, 0.25) is 17.7 Å². The summed E-state index contributed by atoms with van der Waals surface area (Å²) in [6.07, 6.45) is 8.53. The van der Waals surface area contributed by atoms with Gasteiger partial charge >= 0.3 is 0 Å². The van der Waals surface area contributed by atoms with Crippen molar-refractivity contribution < 1.29 is 23.9 Å². The van der Waals surface area contributed by atoms with Crippen molar-refractivity contribution in [2.45, 2.75) is 63.6 Å². The van der Waals surface area contributed by atoms with Crippen LogP contribution in [0, 0.1) is 11.8 Å². The molecule has 1 saturated heterocycles. The maximum atomic E-state index is 12.6. The van der Waals surface area contributed by atoms with Gasteiger partial charge < -0.3 is 14.8 Å². The molecule has 7 nitrogen and oxygen atoms in total. The van der Waals surface area contributed by atoms with Gasteiger partial charge in [-0.25, -0.2) is 0 Å². The molecule has 3 amide bonds. The molecule has 0 aromatic heterocycles. The molecule has 3 fully saturated rings. The van der Waals surface area contributed by atoms with Crippen LogP contribution in [0.1, 0.15) is 57.8 Å². The third kappa shape index (κ3) is 3.26. The molecule has 0 radical (unpaired) electrons. The molecule has 2 aliphatic heterocycles. The van der Waals surface area contributed by atoms with Crippen LogP contribution >= 0.6 is 0 Å². The van der Waals surface area contributed by atoms with Gasteiger partial charge in [0.25, 0.3) is 5.79 Å². The van der Waals surface area contributed by atoms with Crippen molar-refractivity contribution in [3.8, 4) is 11.5 Å². The van der Waals surface area contributed by atoms with Crippen LogP contribution in [0.2, 0.25) is 0 Å². The quantitative estimate of drug-likeness (QED) is 0.790. The zero-order chi connectivity index (χ0) is 20.0. The summed E-state index contributed by atoms with van der Waals surface area (Å²) in [6, 6.07) is 5.31. The molecule has 7 heteroatoms. The topological polar surface area (TPSA) is 84.9 Å². The average Bonchev–Trinajstić information content (AvgIpc) is 3.18. The number of hydrogen-bond acceptors (Lipinski definition) is 5. The second-order valence-electron chi connectivity index (χ2n) is 8.65. The van der Waals surface area contributed by atoms with Crippen molar-refractivity contribution >= 4 is 23.4 Å². The molecule has 29 heavy (non-hydrogen) atoms. The summed E-state index contributed by atoms with van der Waals surface area (Å²) in [4.78, 5) is 38.8. The van der Waals surface area contributed by atoms with E-state index in [2.05, 4.69) is 5.32 Å². The first kappa shape index (κ1) is 18.5. The number of imide groups is 1. The minimum absolute atomic E-state index is 0.195. The minimum Gasteiger partial charge on any atom is -0.448 e. The second kappa shape index (κ2) is 7.04. The molecule has 0 unspecified atom stereocenters. The number of anilines is 1. The first-order valence-electron chi connectivity index (χ1n) is 10.7. The molecule has 2 saturated carbocycles. The summed E-state index contributed by atoms with van der Waals surface area (Å²) in [5.74, 6) is -0.477. The van der Waals surface area contributed by atoms with Crippen LogP contribution < -0.4 is 14.8 Å². The molecular weight excluding hydrogens is 372 g/mol. The number of benzene rings is 1. The van der Waals surface area contributed by atoms with Gasteiger partial charge in [-0.1, -0.05) is 19.3 Å². The van der Waals surface area contributed by atoms with Gasteiger partial charge in [-0.05, 0) is 37.8 Å². The first-order valence-corrected chi connectivity index (χ1v) is 10.7. The van der Waals surface area contributed by atoms with Crippen LogP contribution in [0.3, 0.4) is 0 Å². The molecule has 1 aromatic carbocycles. The Hall–Kier alpha value is -2.57. The summed E-state index contributed by atoms with van der Waals surface area (Å²) in [5.41, 5.74) is 0.571. The number of amides is 3. The maximum Gasteiger partial charge on any atom is 0.251 e. The van der Waals surface area contributed by atoms with Crippen LogP contribution in [-0.2, 0) is 14.4 Å². The number of fused-ring (bicyclic) bond motifs is 2. The fraction of sp³-hybridized carbons (Fsp3) is 0.591. The number of rotatable bonds is 3. The molecule has 4 aliphatic rings. The van der Waals surface area contributed by atoms with E-state index in [1.807, 2.05) is 0 Å². The van der Waals surface area contributed by atoms with E-state index in [0.29, 0.717) is 17.2 Å². The number of nitrogens with one attached hydrogen (secondary N) is 1. The van der Waals surface area contributed by atoms with E-state index in [-0.39, 0.29) is 36.1 Å². The molecule has 154 valence electrons. The van der Waals surface area contributed by atoms with Gasteiger partial charge in [-0.2, -0.15) is 0 Å². The lowest BCUT2D eigenvalue weighted by molar-refractivity contribution is -0.142. The van der Waals surface area contributed by atoms with E-state index in [1.165, 1.54) is 6.42 Å². The smallest absolute Gasteiger partial charge is 0.251 e. The van der Waals surface area contributed by atoms with E-state index < -0.39 is 5.79 Å². The van der Waals surface area contributed by atoms with E-state index >= 15 is 0 Å².